The molecule has 0 aliphatic heterocycles. The van der Waals surface area contributed by atoms with Gasteiger partial charge in [0.15, 0.2) is 0 Å². The number of carbonyl (C=O) groups excluding carboxylic acids is 2. The number of carbonyl (C=O) groups is 2. The first-order valence-corrected chi connectivity index (χ1v) is 6.96. The van der Waals surface area contributed by atoms with Crippen LogP contribution >= 0.6 is 23.2 Å². The van der Waals surface area contributed by atoms with E-state index in [1.54, 1.807) is 42.5 Å². The minimum Gasteiger partial charge on any atom is -0.318 e. The van der Waals surface area contributed by atoms with Crippen LogP contribution < -0.4 is 10.7 Å². The third-order valence-corrected chi connectivity index (χ3v) is 3.03. The molecule has 0 saturated heterocycles. The molecule has 0 atom stereocenters. The number of nitrogens with one attached hydrogen (secondary N) is 2. The van der Waals surface area contributed by atoms with Gasteiger partial charge in [-0.25, -0.2) is 5.43 Å². The van der Waals surface area contributed by atoms with Crippen molar-refractivity contribution in [3.05, 3.63) is 64.1 Å². The molecule has 2 N–H and O–H groups in total. The van der Waals surface area contributed by atoms with Crippen molar-refractivity contribution in [1.29, 1.82) is 0 Å². The van der Waals surface area contributed by atoms with Gasteiger partial charge in [0.25, 0.3) is 0 Å². The van der Waals surface area contributed by atoms with E-state index in [2.05, 4.69) is 15.8 Å². The van der Waals surface area contributed by atoms with E-state index in [9.17, 15) is 9.59 Å². The van der Waals surface area contributed by atoms with Gasteiger partial charge in [-0.05, 0) is 35.9 Å². The molecule has 0 radical (unpaired) electrons. The molecule has 0 unspecified atom stereocenters. The average Bonchev–Trinajstić information content (AvgIpc) is 2.49. The van der Waals surface area contributed by atoms with Gasteiger partial charge in [0.05, 0.1) is 6.21 Å². The number of nitrogens with zero attached hydrogens (tertiary/aromatic N) is 1. The summed E-state index contributed by atoms with van der Waals surface area (Å²) in [6.07, 6.45) is 1.40. The lowest BCUT2D eigenvalue weighted by Crippen LogP contribution is -2.32. The fraction of sp³-hybridized carbons (Fsp3) is 0. The maximum atomic E-state index is 11.7. The number of anilines is 1. The standard InChI is InChI=1S/C15H11Cl2N3O2/c16-11-6-4-10(5-7-11)9-18-20-15(22)14(21)19-13-3-1-2-12(17)8-13/h1-9H,(H,19,21)(H,20,22)/b18-9+. The number of hydrogen-bond acceptors (Lipinski definition) is 3. The second kappa shape index (κ2) is 7.59. The van der Waals surface area contributed by atoms with Crippen molar-refractivity contribution in [2.75, 3.05) is 5.32 Å². The normalized spacial score (nSPS) is 10.5. The summed E-state index contributed by atoms with van der Waals surface area (Å²) in [5.74, 6) is -1.72. The van der Waals surface area contributed by atoms with Crippen LogP contribution in [0.3, 0.4) is 0 Å². The Morgan fingerprint density at radius 3 is 2.36 bits per heavy atom. The molecular weight excluding hydrogens is 325 g/mol. The van der Waals surface area contributed by atoms with E-state index in [1.807, 2.05) is 0 Å². The first-order chi connectivity index (χ1) is 10.5. The zero-order valence-corrected chi connectivity index (χ0v) is 12.7. The van der Waals surface area contributed by atoms with Crippen LogP contribution in [0.2, 0.25) is 10.0 Å². The molecule has 0 fully saturated rings. The Balaban J connectivity index is 1.89. The molecular formula is C15H11Cl2N3O2. The van der Waals surface area contributed by atoms with Crippen molar-refractivity contribution in [2.45, 2.75) is 0 Å². The quantitative estimate of drug-likeness (QED) is 0.514. The molecule has 2 aromatic rings. The molecule has 7 heteroatoms. The molecule has 0 saturated carbocycles. The molecule has 2 amide bonds. The van der Waals surface area contributed by atoms with E-state index >= 15 is 0 Å². The maximum absolute atomic E-state index is 11.7. The van der Waals surface area contributed by atoms with E-state index in [1.165, 1.54) is 12.3 Å². The van der Waals surface area contributed by atoms with E-state index in [-0.39, 0.29) is 0 Å². The van der Waals surface area contributed by atoms with Crippen molar-refractivity contribution in [3.63, 3.8) is 0 Å². The van der Waals surface area contributed by atoms with E-state index in [4.69, 9.17) is 23.2 Å². The number of hydrogen-bond donors (Lipinski definition) is 2. The van der Waals surface area contributed by atoms with Crippen LogP contribution in [0.25, 0.3) is 0 Å². The smallest absolute Gasteiger partial charge is 0.318 e. The third-order valence-electron chi connectivity index (χ3n) is 2.54. The zero-order chi connectivity index (χ0) is 15.9. The molecule has 0 aliphatic rings. The minimum absolute atomic E-state index is 0.425. The molecule has 0 aliphatic carbocycles. The first kappa shape index (κ1) is 16.0. The van der Waals surface area contributed by atoms with Gasteiger partial charge in [-0.1, -0.05) is 41.4 Å². The Morgan fingerprint density at radius 2 is 1.68 bits per heavy atom. The topological polar surface area (TPSA) is 70.6 Å². The van der Waals surface area contributed by atoms with Crippen molar-refractivity contribution in [1.82, 2.24) is 5.43 Å². The Bertz CT molecular complexity index is 715. The van der Waals surface area contributed by atoms with Gasteiger partial charge in [0, 0.05) is 15.7 Å². The molecule has 0 spiro atoms. The molecule has 112 valence electrons. The Hall–Kier alpha value is -2.37. The number of amides is 2. The Labute approximate surface area is 136 Å². The average molecular weight is 336 g/mol. The van der Waals surface area contributed by atoms with Gasteiger partial charge in [0.1, 0.15) is 0 Å². The minimum atomic E-state index is -0.884. The van der Waals surface area contributed by atoms with Gasteiger partial charge in [0.2, 0.25) is 0 Å². The monoisotopic (exact) mass is 335 g/mol. The lowest BCUT2D eigenvalue weighted by molar-refractivity contribution is -0.136. The van der Waals surface area contributed by atoms with Gasteiger partial charge in [-0.15, -0.1) is 0 Å². The molecule has 0 aromatic heterocycles. The fourth-order valence-corrected chi connectivity index (χ4v) is 1.84. The molecule has 2 aromatic carbocycles. The highest BCUT2D eigenvalue weighted by atomic mass is 35.5. The van der Waals surface area contributed by atoms with Crippen molar-refractivity contribution >= 4 is 46.9 Å². The van der Waals surface area contributed by atoms with Gasteiger partial charge in [-0.3, -0.25) is 9.59 Å². The lowest BCUT2D eigenvalue weighted by Gasteiger charge is -2.03. The molecule has 0 bridgehead atoms. The van der Waals surface area contributed by atoms with Crippen LogP contribution in [0.1, 0.15) is 5.56 Å². The van der Waals surface area contributed by atoms with Crippen molar-refractivity contribution in [3.8, 4) is 0 Å². The summed E-state index contributed by atoms with van der Waals surface area (Å²) in [4.78, 5) is 23.2. The molecule has 2 rings (SSSR count). The van der Waals surface area contributed by atoms with E-state index < -0.39 is 11.8 Å². The largest absolute Gasteiger partial charge is 0.329 e. The second-order valence-electron chi connectivity index (χ2n) is 4.22. The van der Waals surface area contributed by atoms with E-state index in [0.717, 1.165) is 5.56 Å². The van der Waals surface area contributed by atoms with Crippen LogP contribution in [0.5, 0.6) is 0 Å². The zero-order valence-electron chi connectivity index (χ0n) is 11.2. The highest BCUT2D eigenvalue weighted by Gasteiger charge is 2.12. The highest BCUT2D eigenvalue weighted by Crippen LogP contribution is 2.14. The summed E-state index contributed by atoms with van der Waals surface area (Å²) in [5, 5.41) is 7.17. The second-order valence-corrected chi connectivity index (χ2v) is 5.09. The van der Waals surface area contributed by atoms with Crippen LogP contribution in [0.15, 0.2) is 53.6 Å². The number of hydrazone groups is 1. The van der Waals surface area contributed by atoms with Crippen LogP contribution in [-0.2, 0) is 9.59 Å². The molecule has 5 nitrogen and oxygen atoms in total. The summed E-state index contributed by atoms with van der Waals surface area (Å²) in [7, 11) is 0. The summed E-state index contributed by atoms with van der Waals surface area (Å²) >= 11 is 11.5. The molecule has 0 heterocycles. The number of halogens is 2. The summed E-state index contributed by atoms with van der Waals surface area (Å²) < 4.78 is 0. The Kier molecular flexibility index (Phi) is 5.52. The lowest BCUT2D eigenvalue weighted by atomic mass is 10.2. The summed E-state index contributed by atoms with van der Waals surface area (Å²) in [6, 6.07) is 13.3. The predicted octanol–water partition coefficient (Wildman–Crippen LogP) is 3.08. The van der Waals surface area contributed by atoms with Crippen LogP contribution in [0.4, 0.5) is 5.69 Å². The predicted molar refractivity (Wildman–Crippen MR) is 87.3 cm³/mol. The van der Waals surface area contributed by atoms with Crippen LogP contribution in [-0.4, -0.2) is 18.0 Å². The number of benzene rings is 2. The fourth-order valence-electron chi connectivity index (χ4n) is 1.52. The van der Waals surface area contributed by atoms with Gasteiger partial charge in [-0.2, -0.15) is 5.10 Å². The van der Waals surface area contributed by atoms with Crippen molar-refractivity contribution < 1.29 is 9.59 Å². The maximum Gasteiger partial charge on any atom is 0.329 e. The third kappa shape index (κ3) is 4.87. The SMILES string of the molecule is O=C(N/N=C/c1ccc(Cl)cc1)C(=O)Nc1cccc(Cl)c1. The molecule has 22 heavy (non-hydrogen) atoms. The van der Waals surface area contributed by atoms with Gasteiger partial charge >= 0.3 is 11.8 Å². The van der Waals surface area contributed by atoms with Crippen molar-refractivity contribution in [2.24, 2.45) is 5.10 Å². The van der Waals surface area contributed by atoms with E-state index in [0.29, 0.717) is 15.7 Å². The van der Waals surface area contributed by atoms with Crippen LogP contribution in [0, 0.1) is 0 Å². The van der Waals surface area contributed by atoms with Gasteiger partial charge < -0.3 is 5.32 Å². The first-order valence-electron chi connectivity index (χ1n) is 6.20. The highest BCUT2D eigenvalue weighted by molar-refractivity contribution is 6.39. The number of rotatable bonds is 3. The summed E-state index contributed by atoms with van der Waals surface area (Å²) in [6.45, 7) is 0. The Morgan fingerprint density at radius 1 is 0.955 bits per heavy atom. The summed E-state index contributed by atoms with van der Waals surface area (Å²) in [5.41, 5.74) is 3.29.